The number of furan rings is 1. The zero-order valence-electron chi connectivity index (χ0n) is 15.8. The number of thiophene rings is 1. The number of aliphatic imine (C=N–C) groups is 1. The van der Waals surface area contributed by atoms with Gasteiger partial charge in [0.25, 0.3) is 0 Å². The summed E-state index contributed by atoms with van der Waals surface area (Å²) in [6, 6.07) is 8.60. The van der Waals surface area contributed by atoms with Crippen molar-refractivity contribution in [1.82, 2.24) is 15.5 Å². The maximum Gasteiger partial charge on any atom is 0.191 e. The van der Waals surface area contributed by atoms with Crippen molar-refractivity contribution in [2.45, 2.75) is 38.6 Å². The molecule has 6 heteroatoms. The minimum absolute atomic E-state index is 0.256. The maximum atomic E-state index is 5.71. The standard InChI is InChI=1S/C20H30N4OS/c1-3-21-20(22-14-16(2)19-9-7-13-26-19)23-15-17(18-8-6-12-25-18)24-10-4-5-11-24/h6-9,12-13,16-17H,3-5,10-11,14-15H2,1-2H3,(H2,21,22,23). The van der Waals surface area contributed by atoms with E-state index in [1.807, 2.05) is 6.07 Å². The van der Waals surface area contributed by atoms with Gasteiger partial charge in [-0.25, -0.2) is 0 Å². The molecule has 1 fully saturated rings. The maximum absolute atomic E-state index is 5.71. The second kappa shape index (κ2) is 9.78. The van der Waals surface area contributed by atoms with Gasteiger partial charge in [0.2, 0.25) is 0 Å². The van der Waals surface area contributed by atoms with E-state index in [2.05, 4.69) is 53.0 Å². The lowest BCUT2D eigenvalue weighted by Gasteiger charge is -2.26. The number of hydrogen-bond donors (Lipinski definition) is 2. The van der Waals surface area contributed by atoms with Gasteiger partial charge < -0.3 is 15.1 Å². The Morgan fingerprint density at radius 1 is 1.27 bits per heavy atom. The van der Waals surface area contributed by atoms with E-state index < -0.39 is 0 Å². The average molecular weight is 375 g/mol. The monoisotopic (exact) mass is 374 g/mol. The first-order valence-corrected chi connectivity index (χ1v) is 10.5. The SMILES string of the molecule is CCNC(=NCC(C)c1cccs1)NCC(c1ccco1)N1CCCC1. The zero-order valence-corrected chi connectivity index (χ0v) is 16.6. The van der Waals surface area contributed by atoms with Gasteiger partial charge in [0.15, 0.2) is 5.96 Å². The van der Waals surface area contributed by atoms with Crippen LogP contribution in [0.25, 0.3) is 0 Å². The van der Waals surface area contributed by atoms with Crippen LogP contribution in [0.4, 0.5) is 0 Å². The number of rotatable bonds is 8. The van der Waals surface area contributed by atoms with E-state index in [9.17, 15) is 0 Å². The number of nitrogens with one attached hydrogen (secondary N) is 2. The molecule has 0 spiro atoms. The van der Waals surface area contributed by atoms with Crippen molar-refractivity contribution in [1.29, 1.82) is 0 Å². The lowest BCUT2D eigenvalue weighted by molar-refractivity contribution is 0.215. The number of hydrogen-bond acceptors (Lipinski definition) is 4. The van der Waals surface area contributed by atoms with E-state index in [0.717, 1.165) is 44.4 Å². The van der Waals surface area contributed by atoms with Gasteiger partial charge in [0.05, 0.1) is 18.8 Å². The summed E-state index contributed by atoms with van der Waals surface area (Å²) in [7, 11) is 0. The van der Waals surface area contributed by atoms with Gasteiger partial charge in [-0.2, -0.15) is 0 Å². The summed E-state index contributed by atoms with van der Waals surface area (Å²) < 4.78 is 5.71. The first-order valence-electron chi connectivity index (χ1n) is 9.61. The zero-order chi connectivity index (χ0) is 18.2. The summed E-state index contributed by atoms with van der Waals surface area (Å²) in [6.07, 6.45) is 4.30. The molecule has 1 aliphatic heterocycles. The molecule has 2 atom stereocenters. The smallest absolute Gasteiger partial charge is 0.191 e. The van der Waals surface area contributed by atoms with Crippen LogP contribution in [0, 0.1) is 0 Å². The normalized spacial score (nSPS) is 18.0. The number of nitrogens with zero attached hydrogens (tertiary/aromatic N) is 2. The lowest BCUT2D eigenvalue weighted by atomic mass is 10.1. The highest BCUT2D eigenvalue weighted by atomic mass is 32.1. The fourth-order valence-electron chi connectivity index (χ4n) is 3.37. The van der Waals surface area contributed by atoms with Crippen molar-refractivity contribution in [3.8, 4) is 0 Å². The van der Waals surface area contributed by atoms with Crippen LogP contribution >= 0.6 is 11.3 Å². The summed E-state index contributed by atoms with van der Waals surface area (Å²) in [5.41, 5.74) is 0. The van der Waals surface area contributed by atoms with Gasteiger partial charge in [0, 0.05) is 23.9 Å². The second-order valence-corrected chi connectivity index (χ2v) is 7.77. The minimum atomic E-state index is 0.256. The predicted octanol–water partition coefficient (Wildman–Crippen LogP) is 3.84. The molecule has 2 N–H and O–H groups in total. The van der Waals surface area contributed by atoms with Crippen LogP contribution < -0.4 is 10.6 Å². The predicted molar refractivity (Wildman–Crippen MR) is 109 cm³/mol. The number of guanidine groups is 1. The summed E-state index contributed by atoms with van der Waals surface area (Å²) in [5.74, 6) is 2.35. The molecule has 0 bridgehead atoms. The van der Waals surface area contributed by atoms with Crippen LogP contribution in [-0.2, 0) is 0 Å². The molecule has 0 aromatic carbocycles. The fourth-order valence-corrected chi connectivity index (χ4v) is 4.15. The van der Waals surface area contributed by atoms with Gasteiger partial charge >= 0.3 is 0 Å². The first kappa shape index (κ1) is 19.0. The van der Waals surface area contributed by atoms with Crippen LogP contribution in [0.15, 0.2) is 45.3 Å². The Morgan fingerprint density at radius 2 is 2.12 bits per heavy atom. The lowest BCUT2D eigenvalue weighted by Crippen LogP contribution is -2.42. The third-order valence-electron chi connectivity index (χ3n) is 4.81. The van der Waals surface area contributed by atoms with E-state index in [0.29, 0.717) is 5.92 Å². The topological polar surface area (TPSA) is 52.8 Å². The highest BCUT2D eigenvalue weighted by Gasteiger charge is 2.25. The molecular weight excluding hydrogens is 344 g/mol. The minimum Gasteiger partial charge on any atom is -0.468 e. The van der Waals surface area contributed by atoms with Crippen LogP contribution in [0.1, 0.15) is 49.3 Å². The number of likely N-dealkylation sites (tertiary alicyclic amines) is 1. The molecule has 2 aromatic heterocycles. The average Bonchev–Trinajstić information content (AvgIpc) is 3.43. The molecule has 1 saturated heterocycles. The van der Waals surface area contributed by atoms with Gasteiger partial charge in [-0.15, -0.1) is 11.3 Å². The Morgan fingerprint density at radius 3 is 2.77 bits per heavy atom. The third kappa shape index (κ3) is 5.11. The summed E-state index contributed by atoms with van der Waals surface area (Å²) in [4.78, 5) is 8.69. The quantitative estimate of drug-likeness (QED) is 0.544. The third-order valence-corrected chi connectivity index (χ3v) is 5.92. The fraction of sp³-hybridized carbons (Fsp3) is 0.550. The van der Waals surface area contributed by atoms with Crippen molar-refractivity contribution < 1.29 is 4.42 Å². The molecule has 0 amide bonds. The molecule has 5 nitrogen and oxygen atoms in total. The molecule has 142 valence electrons. The molecule has 0 saturated carbocycles. The van der Waals surface area contributed by atoms with E-state index in [1.165, 1.54) is 17.7 Å². The van der Waals surface area contributed by atoms with E-state index in [-0.39, 0.29) is 6.04 Å². The van der Waals surface area contributed by atoms with Crippen molar-refractivity contribution >= 4 is 17.3 Å². The van der Waals surface area contributed by atoms with Crippen LogP contribution in [-0.4, -0.2) is 43.6 Å². The molecular formula is C20H30N4OS. The van der Waals surface area contributed by atoms with Crippen LogP contribution in [0.2, 0.25) is 0 Å². The van der Waals surface area contributed by atoms with Gasteiger partial charge in [-0.3, -0.25) is 9.89 Å². The highest BCUT2D eigenvalue weighted by Crippen LogP contribution is 2.25. The Bertz CT molecular complexity index is 647. The molecule has 26 heavy (non-hydrogen) atoms. The Balaban J connectivity index is 1.61. The van der Waals surface area contributed by atoms with Crippen LogP contribution in [0.5, 0.6) is 0 Å². The largest absolute Gasteiger partial charge is 0.468 e. The first-order chi connectivity index (χ1) is 12.8. The molecule has 2 aromatic rings. The second-order valence-electron chi connectivity index (χ2n) is 6.79. The summed E-state index contributed by atoms with van der Waals surface area (Å²) in [6.45, 7) is 9.04. The molecule has 3 rings (SSSR count). The van der Waals surface area contributed by atoms with Crippen molar-refractivity contribution in [2.75, 3.05) is 32.7 Å². The van der Waals surface area contributed by atoms with E-state index in [1.54, 1.807) is 17.6 Å². The van der Waals surface area contributed by atoms with Gasteiger partial charge in [-0.1, -0.05) is 13.0 Å². The Labute approximate surface area is 160 Å². The molecule has 3 heterocycles. The molecule has 0 radical (unpaired) electrons. The molecule has 1 aliphatic rings. The highest BCUT2D eigenvalue weighted by molar-refractivity contribution is 7.10. The van der Waals surface area contributed by atoms with Gasteiger partial charge in [0.1, 0.15) is 5.76 Å². The summed E-state index contributed by atoms with van der Waals surface area (Å²) in [5, 5.41) is 9.02. The Kier molecular flexibility index (Phi) is 7.14. The summed E-state index contributed by atoms with van der Waals surface area (Å²) >= 11 is 1.80. The molecule has 0 aliphatic carbocycles. The van der Waals surface area contributed by atoms with Crippen LogP contribution in [0.3, 0.4) is 0 Å². The van der Waals surface area contributed by atoms with Crippen molar-refractivity contribution in [3.63, 3.8) is 0 Å². The van der Waals surface area contributed by atoms with Crippen molar-refractivity contribution in [2.24, 2.45) is 4.99 Å². The van der Waals surface area contributed by atoms with E-state index >= 15 is 0 Å². The van der Waals surface area contributed by atoms with Crippen molar-refractivity contribution in [3.05, 3.63) is 46.5 Å². The van der Waals surface area contributed by atoms with E-state index in [4.69, 9.17) is 9.41 Å². The van der Waals surface area contributed by atoms with Gasteiger partial charge in [-0.05, 0) is 56.4 Å². The Hall–Kier alpha value is -1.79. The molecule has 2 unspecified atom stereocenters.